The summed E-state index contributed by atoms with van der Waals surface area (Å²) in [5.41, 5.74) is 1.45. The fourth-order valence-corrected chi connectivity index (χ4v) is 3.28. The minimum atomic E-state index is -0.144. The quantitative estimate of drug-likeness (QED) is 0.573. The molecule has 0 saturated heterocycles. The summed E-state index contributed by atoms with van der Waals surface area (Å²) in [7, 11) is 0. The Labute approximate surface area is 163 Å². The van der Waals surface area contributed by atoms with Gasteiger partial charge in [0, 0.05) is 4.47 Å². The first-order valence-electron chi connectivity index (χ1n) is 7.86. The molecule has 0 unspecified atom stereocenters. The van der Waals surface area contributed by atoms with Crippen molar-refractivity contribution in [3.8, 4) is 11.4 Å². The Balaban J connectivity index is 1.70. The molecule has 0 aliphatic carbocycles. The normalized spacial score (nSPS) is 10.5. The Morgan fingerprint density at radius 1 is 1.23 bits per heavy atom. The van der Waals surface area contributed by atoms with Crippen LogP contribution in [0.25, 0.3) is 5.69 Å². The molecule has 0 atom stereocenters. The summed E-state index contributed by atoms with van der Waals surface area (Å²) < 4.78 is 8.02. The van der Waals surface area contributed by atoms with Gasteiger partial charge in [0.15, 0.2) is 0 Å². The standard InChI is InChI=1S/C17H16BrN5O2S/c1-2-25-15-10-6-5-9-14(15)23-17(20-21-22-23)26-11-16(24)19-13-8-4-3-7-12(13)18/h3-10H,2,11H2,1H3,(H,19,24). The SMILES string of the molecule is CCOc1ccccc1-n1nnnc1SCC(=O)Nc1ccccc1Br. The molecule has 1 amide bonds. The number of nitrogens with one attached hydrogen (secondary N) is 1. The molecule has 0 saturated carbocycles. The zero-order valence-corrected chi connectivity index (χ0v) is 16.3. The number of nitrogens with zero attached hydrogens (tertiary/aromatic N) is 4. The number of thioether (sulfide) groups is 1. The van der Waals surface area contributed by atoms with Crippen LogP contribution in [-0.4, -0.2) is 38.5 Å². The molecule has 0 radical (unpaired) electrons. The number of tetrazole rings is 1. The highest BCUT2D eigenvalue weighted by Gasteiger charge is 2.15. The molecule has 0 aliphatic heterocycles. The maximum Gasteiger partial charge on any atom is 0.234 e. The van der Waals surface area contributed by atoms with Crippen molar-refractivity contribution in [3.63, 3.8) is 0 Å². The molecule has 9 heteroatoms. The number of hydrogen-bond acceptors (Lipinski definition) is 6. The monoisotopic (exact) mass is 433 g/mol. The van der Waals surface area contributed by atoms with Gasteiger partial charge in [-0.25, -0.2) is 0 Å². The van der Waals surface area contributed by atoms with E-state index in [2.05, 4.69) is 36.8 Å². The van der Waals surface area contributed by atoms with Gasteiger partial charge in [-0.2, -0.15) is 4.68 Å². The van der Waals surface area contributed by atoms with Crippen LogP contribution in [0.3, 0.4) is 0 Å². The van der Waals surface area contributed by atoms with Crippen molar-refractivity contribution >= 4 is 39.3 Å². The topological polar surface area (TPSA) is 81.9 Å². The zero-order valence-electron chi connectivity index (χ0n) is 13.9. The molecule has 0 aliphatic rings. The van der Waals surface area contributed by atoms with Crippen molar-refractivity contribution < 1.29 is 9.53 Å². The minimum absolute atomic E-state index is 0.144. The van der Waals surface area contributed by atoms with E-state index in [0.717, 1.165) is 15.8 Å². The third-order valence-electron chi connectivity index (χ3n) is 3.31. The third kappa shape index (κ3) is 4.41. The van der Waals surface area contributed by atoms with Gasteiger partial charge in [-0.15, -0.1) is 5.10 Å². The van der Waals surface area contributed by atoms with Crippen LogP contribution >= 0.6 is 27.7 Å². The second-order valence-electron chi connectivity index (χ2n) is 5.09. The lowest BCUT2D eigenvalue weighted by Gasteiger charge is -2.10. The van der Waals surface area contributed by atoms with Crippen LogP contribution in [0.1, 0.15) is 6.92 Å². The number of para-hydroxylation sites is 3. The highest BCUT2D eigenvalue weighted by atomic mass is 79.9. The summed E-state index contributed by atoms with van der Waals surface area (Å²) in [5, 5.41) is 15.1. The molecule has 1 aromatic heterocycles. The summed E-state index contributed by atoms with van der Waals surface area (Å²) in [6, 6.07) is 14.9. The van der Waals surface area contributed by atoms with Crippen molar-refractivity contribution in [1.82, 2.24) is 20.2 Å². The number of anilines is 1. The van der Waals surface area contributed by atoms with E-state index in [1.165, 1.54) is 11.8 Å². The van der Waals surface area contributed by atoms with Crippen LogP contribution in [0.5, 0.6) is 5.75 Å². The fourth-order valence-electron chi connectivity index (χ4n) is 2.21. The number of aromatic nitrogens is 4. The number of rotatable bonds is 7. The summed E-state index contributed by atoms with van der Waals surface area (Å²) in [6.07, 6.45) is 0. The predicted octanol–water partition coefficient (Wildman–Crippen LogP) is 3.55. The van der Waals surface area contributed by atoms with Gasteiger partial charge in [0.05, 0.1) is 18.0 Å². The average Bonchev–Trinajstić information content (AvgIpc) is 3.11. The van der Waals surface area contributed by atoms with E-state index in [1.807, 2.05) is 55.5 Å². The first-order valence-corrected chi connectivity index (χ1v) is 9.64. The lowest BCUT2D eigenvalue weighted by atomic mass is 10.3. The van der Waals surface area contributed by atoms with Crippen molar-refractivity contribution in [3.05, 3.63) is 53.0 Å². The van der Waals surface area contributed by atoms with Gasteiger partial charge in [-0.3, -0.25) is 4.79 Å². The molecule has 0 bridgehead atoms. The molecule has 1 heterocycles. The first kappa shape index (κ1) is 18.4. The lowest BCUT2D eigenvalue weighted by Crippen LogP contribution is -2.15. The molecule has 2 aromatic carbocycles. The molecule has 0 spiro atoms. The van der Waals surface area contributed by atoms with E-state index in [9.17, 15) is 4.79 Å². The summed E-state index contributed by atoms with van der Waals surface area (Å²) >= 11 is 4.66. The van der Waals surface area contributed by atoms with Gasteiger partial charge < -0.3 is 10.1 Å². The number of ether oxygens (including phenoxy) is 1. The number of benzene rings is 2. The highest BCUT2D eigenvalue weighted by Crippen LogP contribution is 2.26. The van der Waals surface area contributed by atoms with Crippen molar-refractivity contribution in [2.75, 3.05) is 17.7 Å². The summed E-state index contributed by atoms with van der Waals surface area (Å²) in [6.45, 7) is 2.45. The van der Waals surface area contributed by atoms with Crippen LogP contribution in [-0.2, 0) is 4.79 Å². The number of carbonyl (C=O) groups is 1. The lowest BCUT2D eigenvalue weighted by molar-refractivity contribution is -0.113. The largest absolute Gasteiger partial charge is 0.492 e. The van der Waals surface area contributed by atoms with Crippen molar-refractivity contribution in [2.24, 2.45) is 0 Å². The van der Waals surface area contributed by atoms with Crippen LogP contribution in [0.15, 0.2) is 58.2 Å². The Bertz CT molecular complexity index is 902. The molecule has 134 valence electrons. The Hall–Kier alpha value is -2.39. The first-order chi connectivity index (χ1) is 12.7. The Morgan fingerprint density at radius 2 is 2.00 bits per heavy atom. The molecule has 1 N–H and O–H groups in total. The molecule has 0 fully saturated rings. The highest BCUT2D eigenvalue weighted by molar-refractivity contribution is 9.10. The van der Waals surface area contributed by atoms with Crippen molar-refractivity contribution in [1.29, 1.82) is 0 Å². The van der Waals surface area contributed by atoms with E-state index < -0.39 is 0 Å². The number of carbonyl (C=O) groups excluding carboxylic acids is 1. The van der Waals surface area contributed by atoms with Crippen LogP contribution in [0, 0.1) is 0 Å². The number of amides is 1. The van der Waals surface area contributed by atoms with E-state index in [-0.39, 0.29) is 11.7 Å². The van der Waals surface area contributed by atoms with Gasteiger partial charge in [-0.05, 0) is 57.5 Å². The minimum Gasteiger partial charge on any atom is -0.492 e. The van der Waals surface area contributed by atoms with E-state index in [0.29, 0.717) is 17.5 Å². The second kappa shape index (κ2) is 8.81. The summed E-state index contributed by atoms with van der Waals surface area (Å²) in [4.78, 5) is 12.2. The number of hydrogen-bond donors (Lipinski definition) is 1. The smallest absolute Gasteiger partial charge is 0.234 e. The predicted molar refractivity (Wildman–Crippen MR) is 104 cm³/mol. The van der Waals surface area contributed by atoms with Crippen LogP contribution in [0.4, 0.5) is 5.69 Å². The fraction of sp³-hybridized carbons (Fsp3) is 0.176. The van der Waals surface area contributed by atoms with E-state index >= 15 is 0 Å². The molecule has 26 heavy (non-hydrogen) atoms. The van der Waals surface area contributed by atoms with E-state index in [4.69, 9.17) is 4.74 Å². The molecular formula is C17H16BrN5O2S. The zero-order chi connectivity index (χ0) is 18.4. The molecule has 3 rings (SSSR count). The molecule has 7 nitrogen and oxygen atoms in total. The average molecular weight is 434 g/mol. The molecule has 3 aromatic rings. The van der Waals surface area contributed by atoms with Gasteiger partial charge in [0.25, 0.3) is 0 Å². The second-order valence-corrected chi connectivity index (χ2v) is 6.89. The van der Waals surface area contributed by atoms with Gasteiger partial charge in [0.1, 0.15) is 11.4 Å². The maximum absolute atomic E-state index is 12.2. The summed E-state index contributed by atoms with van der Waals surface area (Å²) in [5.74, 6) is 0.717. The van der Waals surface area contributed by atoms with Crippen LogP contribution < -0.4 is 10.1 Å². The van der Waals surface area contributed by atoms with E-state index in [1.54, 1.807) is 4.68 Å². The maximum atomic E-state index is 12.2. The van der Waals surface area contributed by atoms with Gasteiger partial charge in [-0.1, -0.05) is 36.0 Å². The van der Waals surface area contributed by atoms with Crippen LogP contribution in [0.2, 0.25) is 0 Å². The van der Waals surface area contributed by atoms with Gasteiger partial charge in [0.2, 0.25) is 11.1 Å². The Morgan fingerprint density at radius 3 is 2.81 bits per heavy atom. The molecular weight excluding hydrogens is 418 g/mol. The van der Waals surface area contributed by atoms with Crippen molar-refractivity contribution in [2.45, 2.75) is 12.1 Å². The third-order valence-corrected chi connectivity index (χ3v) is 4.93. The number of halogens is 1. The van der Waals surface area contributed by atoms with Gasteiger partial charge >= 0.3 is 0 Å². The Kier molecular flexibility index (Phi) is 6.24.